The number of anilines is 1. The van der Waals surface area contributed by atoms with Crippen LogP contribution in [0.3, 0.4) is 0 Å². The second kappa shape index (κ2) is 7.30. The highest BCUT2D eigenvalue weighted by atomic mass is 16.2. The van der Waals surface area contributed by atoms with Gasteiger partial charge in [0.2, 0.25) is 5.91 Å². The van der Waals surface area contributed by atoms with Gasteiger partial charge < -0.3 is 10.2 Å². The van der Waals surface area contributed by atoms with E-state index in [1.54, 1.807) is 30.3 Å². The lowest BCUT2D eigenvalue weighted by Gasteiger charge is -2.16. The summed E-state index contributed by atoms with van der Waals surface area (Å²) < 4.78 is 0. The maximum atomic E-state index is 12.4. The quantitative estimate of drug-likeness (QED) is 0.852. The van der Waals surface area contributed by atoms with E-state index in [0.717, 1.165) is 18.5 Å². The summed E-state index contributed by atoms with van der Waals surface area (Å²) in [5.41, 5.74) is 2.72. The van der Waals surface area contributed by atoms with Gasteiger partial charge in [0.25, 0.3) is 5.91 Å². The molecule has 1 aliphatic rings. The maximum absolute atomic E-state index is 12.4. The molecule has 1 aliphatic heterocycles. The topological polar surface area (TPSA) is 66.5 Å². The number of carbonyl (C=O) groups excluding carboxylic acids is 3. The highest BCUT2D eigenvalue weighted by Gasteiger charge is 2.20. The van der Waals surface area contributed by atoms with Crippen molar-refractivity contribution in [2.75, 3.05) is 11.9 Å². The van der Waals surface area contributed by atoms with E-state index < -0.39 is 0 Å². The summed E-state index contributed by atoms with van der Waals surface area (Å²) in [6.07, 6.45) is 1.51. The zero-order valence-corrected chi connectivity index (χ0v) is 14.1. The van der Waals surface area contributed by atoms with Crippen LogP contribution in [0.15, 0.2) is 48.5 Å². The summed E-state index contributed by atoms with van der Waals surface area (Å²) in [6.45, 7) is 2.81. The first-order chi connectivity index (χ1) is 12.0. The molecular formula is C20H20N2O3. The first-order valence-electron chi connectivity index (χ1n) is 8.32. The lowest BCUT2D eigenvalue weighted by Crippen LogP contribution is -2.24. The molecular weight excluding hydrogens is 316 g/mol. The molecule has 5 heteroatoms. The minimum absolute atomic E-state index is 0.0120. The van der Waals surface area contributed by atoms with Gasteiger partial charge in [-0.1, -0.05) is 12.1 Å². The fraction of sp³-hybridized carbons (Fsp3) is 0.250. The molecule has 1 fully saturated rings. The number of amides is 2. The molecule has 0 aliphatic carbocycles. The Labute approximate surface area is 146 Å². The molecule has 3 rings (SSSR count). The number of likely N-dealkylation sites (tertiary alicyclic amines) is 1. The Morgan fingerprint density at radius 2 is 1.84 bits per heavy atom. The zero-order valence-electron chi connectivity index (χ0n) is 14.1. The summed E-state index contributed by atoms with van der Waals surface area (Å²) in [6, 6.07) is 14.1. The van der Waals surface area contributed by atoms with Crippen molar-refractivity contribution >= 4 is 23.3 Å². The smallest absolute Gasteiger partial charge is 0.255 e. The van der Waals surface area contributed by atoms with Crippen LogP contribution in [0.2, 0.25) is 0 Å². The third-order valence-corrected chi connectivity index (χ3v) is 4.28. The summed E-state index contributed by atoms with van der Waals surface area (Å²) in [7, 11) is 0. The van der Waals surface area contributed by atoms with Crippen LogP contribution in [0.1, 0.15) is 46.0 Å². The largest absolute Gasteiger partial charge is 0.338 e. The Bertz CT molecular complexity index is 812. The molecule has 0 saturated carbocycles. The Hall–Kier alpha value is -2.95. The Kier molecular flexibility index (Phi) is 4.93. The van der Waals surface area contributed by atoms with Gasteiger partial charge >= 0.3 is 0 Å². The standard InChI is InChI=1S/C20H20N2O3/c1-14(23)16-7-9-18(10-8-16)21-20(25)17-5-2-4-15(12-17)13-22-11-3-6-19(22)24/h2,4-5,7-10,12H,3,6,11,13H2,1H3,(H,21,25). The first kappa shape index (κ1) is 16.9. The number of hydrogen-bond donors (Lipinski definition) is 1. The van der Waals surface area contributed by atoms with Gasteiger partial charge in [-0.25, -0.2) is 0 Å². The lowest BCUT2D eigenvalue weighted by molar-refractivity contribution is -0.128. The fourth-order valence-electron chi connectivity index (χ4n) is 2.89. The summed E-state index contributed by atoms with van der Waals surface area (Å²) >= 11 is 0. The van der Waals surface area contributed by atoms with Gasteiger partial charge in [0, 0.05) is 36.3 Å². The fourth-order valence-corrected chi connectivity index (χ4v) is 2.89. The Morgan fingerprint density at radius 3 is 2.48 bits per heavy atom. The second-order valence-electron chi connectivity index (χ2n) is 6.21. The predicted octanol–water partition coefficient (Wildman–Crippen LogP) is 3.26. The van der Waals surface area contributed by atoms with Crippen LogP contribution in [0.4, 0.5) is 5.69 Å². The number of Topliss-reactive ketones (excluding diaryl/α,β-unsaturated/α-hetero) is 1. The van der Waals surface area contributed by atoms with Gasteiger partial charge in [0.1, 0.15) is 0 Å². The van der Waals surface area contributed by atoms with Crippen molar-refractivity contribution in [2.45, 2.75) is 26.3 Å². The molecule has 128 valence electrons. The first-order valence-corrected chi connectivity index (χ1v) is 8.32. The van der Waals surface area contributed by atoms with Crippen molar-refractivity contribution in [1.82, 2.24) is 4.90 Å². The molecule has 0 radical (unpaired) electrons. The van der Waals surface area contributed by atoms with Crippen molar-refractivity contribution in [3.8, 4) is 0 Å². The third kappa shape index (κ3) is 4.12. The van der Waals surface area contributed by atoms with Gasteiger partial charge in [-0.2, -0.15) is 0 Å². The van der Waals surface area contributed by atoms with E-state index in [-0.39, 0.29) is 17.6 Å². The molecule has 2 aromatic rings. The molecule has 25 heavy (non-hydrogen) atoms. The minimum Gasteiger partial charge on any atom is -0.338 e. The van der Waals surface area contributed by atoms with E-state index in [2.05, 4.69) is 5.32 Å². The minimum atomic E-state index is -0.217. The van der Waals surface area contributed by atoms with Crippen LogP contribution in [0.5, 0.6) is 0 Å². The number of nitrogens with one attached hydrogen (secondary N) is 1. The van der Waals surface area contributed by atoms with Gasteiger partial charge in [-0.05, 0) is 55.3 Å². The van der Waals surface area contributed by atoms with Crippen LogP contribution in [-0.2, 0) is 11.3 Å². The summed E-state index contributed by atoms with van der Waals surface area (Å²) in [5.74, 6) is -0.0624. The van der Waals surface area contributed by atoms with Crippen LogP contribution >= 0.6 is 0 Å². The van der Waals surface area contributed by atoms with Crippen molar-refractivity contribution in [2.24, 2.45) is 0 Å². The van der Waals surface area contributed by atoms with Crippen molar-refractivity contribution < 1.29 is 14.4 Å². The van der Waals surface area contributed by atoms with E-state index in [4.69, 9.17) is 0 Å². The average molecular weight is 336 g/mol. The van der Waals surface area contributed by atoms with E-state index in [1.807, 2.05) is 23.1 Å². The number of ketones is 1. The number of nitrogens with zero attached hydrogens (tertiary/aromatic N) is 1. The molecule has 2 amide bonds. The molecule has 1 heterocycles. The van der Waals surface area contributed by atoms with Crippen LogP contribution in [0, 0.1) is 0 Å². The number of carbonyl (C=O) groups is 3. The van der Waals surface area contributed by atoms with Gasteiger partial charge in [0.15, 0.2) is 5.78 Å². The van der Waals surface area contributed by atoms with Crippen molar-refractivity contribution in [3.05, 3.63) is 65.2 Å². The molecule has 1 saturated heterocycles. The van der Waals surface area contributed by atoms with Crippen molar-refractivity contribution in [3.63, 3.8) is 0 Å². The SMILES string of the molecule is CC(=O)c1ccc(NC(=O)c2cccc(CN3CCCC3=O)c2)cc1. The monoisotopic (exact) mass is 336 g/mol. The molecule has 0 unspecified atom stereocenters. The van der Waals surface area contributed by atoms with E-state index in [0.29, 0.717) is 29.8 Å². The molecule has 5 nitrogen and oxygen atoms in total. The Morgan fingerprint density at radius 1 is 1.08 bits per heavy atom. The maximum Gasteiger partial charge on any atom is 0.255 e. The van der Waals surface area contributed by atoms with Gasteiger partial charge in [-0.15, -0.1) is 0 Å². The van der Waals surface area contributed by atoms with Crippen LogP contribution < -0.4 is 5.32 Å². The highest BCUT2D eigenvalue weighted by molar-refractivity contribution is 6.04. The third-order valence-electron chi connectivity index (χ3n) is 4.28. The molecule has 2 aromatic carbocycles. The Balaban J connectivity index is 1.68. The highest BCUT2D eigenvalue weighted by Crippen LogP contribution is 2.16. The number of hydrogen-bond acceptors (Lipinski definition) is 3. The summed E-state index contributed by atoms with van der Waals surface area (Å²) in [4.78, 5) is 37.3. The lowest BCUT2D eigenvalue weighted by atomic mass is 10.1. The second-order valence-corrected chi connectivity index (χ2v) is 6.21. The van der Waals surface area contributed by atoms with Gasteiger partial charge in [0.05, 0.1) is 0 Å². The molecule has 0 atom stereocenters. The number of rotatable bonds is 5. The van der Waals surface area contributed by atoms with Crippen LogP contribution in [-0.4, -0.2) is 29.0 Å². The zero-order chi connectivity index (χ0) is 17.8. The summed E-state index contributed by atoms with van der Waals surface area (Å²) in [5, 5.41) is 2.82. The van der Waals surface area contributed by atoms with Crippen molar-refractivity contribution in [1.29, 1.82) is 0 Å². The predicted molar refractivity (Wildman–Crippen MR) is 95.5 cm³/mol. The van der Waals surface area contributed by atoms with E-state index in [9.17, 15) is 14.4 Å². The molecule has 0 spiro atoms. The van der Waals surface area contributed by atoms with Crippen LogP contribution in [0.25, 0.3) is 0 Å². The number of benzene rings is 2. The van der Waals surface area contributed by atoms with E-state index in [1.165, 1.54) is 6.92 Å². The van der Waals surface area contributed by atoms with E-state index >= 15 is 0 Å². The normalized spacial score (nSPS) is 13.8. The molecule has 0 bridgehead atoms. The average Bonchev–Trinajstić information content (AvgIpc) is 3.00. The molecule has 0 aromatic heterocycles. The van der Waals surface area contributed by atoms with Gasteiger partial charge in [-0.3, -0.25) is 14.4 Å². The molecule has 1 N–H and O–H groups in total.